The van der Waals surface area contributed by atoms with E-state index < -0.39 is 0 Å². The third-order valence-corrected chi connectivity index (χ3v) is 4.72. The molecule has 1 aliphatic rings. The summed E-state index contributed by atoms with van der Waals surface area (Å²) in [5, 5.41) is 3.55. The predicted octanol–water partition coefficient (Wildman–Crippen LogP) is 5.11. The summed E-state index contributed by atoms with van der Waals surface area (Å²) in [6, 6.07) is 5.35. The van der Waals surface area contributed by atoms with Crippen LogP contribution in [0.4, 0.5) is 4.39 Å². The number of halogens is 2. The molecule has 20 heavy (non-hydrogen) atoms. The van der Waals surface area contributed by atoms with Gasteiger partial charge >= 0.3 is 0 Å². The molecule has 2 unspecified atom stereocenters. The zero-order valence-corrected chi connectivity index (χ0v) is 14.0. The van der Waals surface area contributed by atoms with Crippen molar-refractivity contribution < 1.29 is 4.39 Å². The molecule has 0 heterocycles. The second-order valence-corrected chi connectivity index (χ2v) is 7.28. The lowest BCUT2D eigenvalue weighted by atomic mass is 9.75. The molecule has 0 spiro atoms. The normalized spacial score (nSPS) is 23.2. The molecule has 0 radical (unpaired) electrons. The lowest BCUT2D eigenvalue weighted by Crippen LogP contribution is -2.31. The Morgan fingerprint density at radius 2 is 2.05 bits per heavy atom. The maximum absolute atomic E-state index is 14.1. The van der Waals surface area contributed by atoms with Gasteiger partial charge in [-0.05, 0) is 67.4 Å². The summed E-state index contributed by atoms with van der Waals surface area (Å²) in [5.74, 6) is 1.54. The fraction of sp³-hybridized carbons (Fsp3) is 0.647. The highest BCUT2D eigenvalue weighted by Gasteiger charge is 2.28. The third-order valence-electron chi connectivity index (χ3n) is 4.23. The Balaban J connectivity index is 2.07. The van der Waals surface area contributed by atoms with Crippen LogP contribution in [0.2, 0.25) is 0 Å². The maximum Gasteiger partial charge on any atom is 0.126 e. The Kier molecular flexibility index (Phi) is 6.03. The van der Waals surface area contributed by atoms with Crippen LogP contribution in [0.5, 0.6) is 0 Å². The van der Waals surface area contributed by atoms with Crippen LogP contribution in [0.15, 0.2) is 22.7 Å². The van der Waals surface area contributed by atoms with Crippen LogP contribution in [0.25, 0.3) is 0 Å². The van der Waals surface area contributed by atoms with E-state index in [0.29, 0.717) is 17.8 Å². The van der Waals surface area contributed by atoms with Gasteiger partial charge in [0.15, 0.2) is 0 Å². The number of nitrogens with one attached hydrogen (secondary N) is 1. The average Bonchev–Trinajstić information content (AvgIpc) is 2.42. The summed E-state index contributed by atoms with van der Waals surface area (Å²) < 4.78 is 15.1. The summed E-state index contributed by atoms with van der Waals surface area (Å²) >= 11 is 3.47. The quantitative estimate of drug-likeness (QED) is 0.784. The zero-order chi connectivity index (χ0) is 14.5. The lowest BCUT2D eigenvalue weighted by molar-refractivity contribution is 0.287. The molecule has 1 aromatic carbocycles. The molecule has 2 atom stereocenters. The van der Waals surface area contributed by atoms with Gasteiger partial charge in [0.25, 0.3) is 0 Å². The Morgan fingerprint density at radius 3 is 2.80 bits per heavy atom. The van der Waals surface area contributed by atoms with Gasteiger partial charge in [-0.3, -0.25) is 0 Å². The minimum Gasteiger partial charge on any atom is -0.316 e. The van der Waals surface area contributed by atoms with Gasteiger partial charge < -0.3 is 5.32 Å². The molecule has 0 aromatic heterocycles. The molecule has 1 saturated carbocycles. The van der Waals surface area contributed by atoms with Gasteiger partial charge in [0.1, 0.15) is 5.82 Å². The van der Waals surface area contributed by atoms with E-state index in [1.165, 1.54) is 19.3 Å². The molecular weight excluding hydrogens is 317 g/mol. The summed E-state index contributed by atoms with van der Waals surface area (Å²) in [6.07, 6.45) is 4.82. The first-order valence-corrected chi connectivity index (χ1v) is 8.53. The van der Waals surface area contributed by atoms with E-state index in [2.05, 4.69) is 35.1 Å². The largest absolute Gasteiger partial charge is 0.316 e. The third kappa shape index (κ3) is 4.29. The number of hydrogen-bond acceptors (Lipinski definition) is 1. The van der Waals surface area contributed by atoms with Gasteiger partial charge in [0.2, 0.25) is 0 Å². The van der Waals surface area contributed by atoms with Gasteiger partial charge in [-0.1, -0.05) is 42.6 Å². The monoisotopic (exact) mass is 341 g/mol. The second-order valence-electron chi connectivity index (χ2n) is 6.37. The van der Waals surface area contributed by atoms with Crippen LogP contribution in [0.1, 0.15) is 51.0 Å². The summed E-state index contributed by atoms with van der Waals surface area (Å²) in [4.78, 5) is 0. The van der Waals surface area contributed by atoms with Crippen LogP contribution in [0.3, 0.4) is 0 Å². The molecule has 2 rings (SSSR count). The first kappa shape index (κ1) is 16.0. The van der Waals surface area contributed by atoms with Crippen molar-refractivity contribution in [3.8, 4) is 0 Å². The fourth-order valence-corrected chi connectivity index (χ4v) is 3.60. The van der Waals surface area contributed by atoms with Crippen molar-refractivity contribution in [1.82, 2.24) is 5.32 Å². The zero-order valence-electron chi connectivity index (χ0n) is 12.5. The Bertz CT molecular complexity index is 433. The molecule has 1 nitrogen and oxygen atoms in total. The number of benzene rings is 1. The first-order chi connectivity index (χ1) is 9.58. The molecule has 1 aliphatic carbocycles. The van der Waals surface area contributed by atoms with Crippen molar-refractivity contribution in [2.45, 2.75) is 45.4 Å². The van der Waals surface area contributed by atoms with Crippen molar-refractivity contribution in [2.24, 2.45) is 11.8 Å². The molecular formula is C17H25BrFN. The van der Waals surface area contributed by atoms with E-state index in [1.807, 2.05) is 6.07 Å². The highest BCUT2D eigenvalue weighted by molar-refractivity contribution is 9.10. The van der Waals surface area contributed by atoms with E-state index in [9.17, 15) is 4.39 Å². The standard InChI is InChI=1S/C17H25BrFN/c1-12(2)10-20-11-13-5-3-4-6-15(13)16-9-14(18)7-8-17(16)19/h7-9,12-13,15,20H,3-6,10-11H2,1-2H3. The molecule has 1 fully saturated rings. The van der Waals surface area contributed by atoms with E-state index >= 15 is 0 Å². The van der Waals surface area contributed by atoms with Crippen LogP contribution in [0, 0.1) is 17.7 Å². The topological polar surface area (TPSA) is 12.0 Å². The molecule has 0 bridgehead atoms. The summed E-state index contributed by atoms with van der Waals surface area (Å²) in [7, 11) is 0. The predicted molar refractivity (Wildman–Crippen MR) is 86.5 cm³/mol. The van der Waals surface area contributed by atoms with E-state index in [1.54, 1.807) is 12.1 Å². The van der Waals surface area contributed by atoms with Crippen LogP contribution < -0.4 is 5.32 Å². The van der Waals surface area contributed by atoms with Crippen molar-refractivity contribution in [3.63, 3.8) is 0 Å². The molecule has 1 N–H and O–H groups in total. The average molecular weight is 342 g/mol. The van der Waals surface area contributed by atoms with Crippen LogP contribution in [-0.2, 0) is 0 Å². The Labute approximate surface area is 130 Å². The van der Waals surface area contributed by atoms with Gasteiger partial charge in [0.05, 0.1) is 0 Å². The van der Waals surface area contributed by atoms with Gasteiger partial charge in [-0.15, -0.1) is 0 Å². The second kappa shape index (κ2) is 7.56. The number of rotatable bonds is 5. The maximum atomic E-state index is 14.1. The molecule has 0 amide bonds. The first-order valence-electron chi connectivity index (χ1n) is 7.73. The van der Waals surface area contributed by atoms with E-state index in [-0.39, 0.29) is 5.82 Å². The minimum absolute atomic E-state index is 0.0473. The molecule has 3 heteroatoms. The van der Waals surface area contributed by atoms with Crippen molar-refractivity contribution in [3.05, 3.63) is 34.1 Å². The van der Waals surface area contributed by atoms with Crippen molar-refractivity contribution in [2.75, 3.05) is 13.1 Å². The van der Waals surface area contributed by atoms with Crippen LogP contribution >= 0.6 is 15.9 Å². The molecule has 1 aromatic rings. The fourth-order valence-electron chi connectivity index (χ4n) is 3.22. The Hall–Kier alpha value is -0.410. The smallest absolute Gasteiger partial charge is 0.126 e. The highest BCUT2D eigenvalue weighted by atomic mass is 79.9. The molecule has 0 aliphatic heterocycles. The van der Waals surface area contributed by atoms with Gasteiger partial charge in [-0.25, -0.2) is 4.39 Å². The van der Waals surface area contributed by atoms with Crippen molar-refractivity contribution >= 4 is 15.9 Å². The summed E-state index contributed by atoms with van der Waals surface area (Å²) in [6.45, 7) is 6.50. The summed E-state index contributed by atoms with van der Waals surface area (Å²) in [5.41, 5.74) is 0.899. The van der Waals surface area contributed by atoms with E-state index in [4.69, 9.17) is 0 Å². The number of hydrogen-bond donors (Lipinski definition) is 1. The Morgan fingerprint density at radius 1 is 1.30 bits per heavy atom. The van der Waals surface area contributed by atoms with Gasteiger partial charge in [-0.2, -0.15) is 0 Å². The molecule has 0 saturated heterocycles. The van der Waals surface area contributed by atoms with E-state index in [0.717, 1.165) is 29.5 Å². The SMILES string of the molecule is CC(C)CNCC1CCCCC1c1cc(Br)ccc1F. The lowest BCUT2D eigenvalue weighted by Gasteiger charge is -2.32. The van der Waals surface area contributed by atoms with Crippen LogP contribution in [-0.4, -0.2) is 13.1 Å². The van der Waals surface area contributed by atoms with Crippen molar-refractivity contribution in [1.29, 1.82) is 0 Å². The minimum atomic E-state index is -0.0473. The highest BCUT2D eigenvalue weighted by Crippen LogP contribution is 2.39. The van der Waals surface area contributed by atoms with Gasteiger partial charge in [0, 0.05) is 4.47 Å². The molecule has 112 valence electrons.